The van der Waals surface area contributed by atoms with Crippen LogP contribution >= 0.6 is 0 Å². The molecule has 2 aromatic rings. The summed E-state index contributed by atoms with van der Waals surface area (Å²) < 4.78 is 43.0. The van der Waals surface area contributed by atoms with Crippen LogP contribution in [0.15, 0.2) is 52.4 Å². The molecule has 8 heteroatoms. The summed E-state index contributed by atoms with van der Waals surface area (Å²) in [6.45, 7) is 2.97. The summed E-state index contributed by atoms with van der Waals surface area (Å²) in [4.78, 5) is 4.49. The number of aliphatic imine (C=N–C) groups is 1. The Morgan fingerprint density at radius 2 is 1.93 bits per heavy atom. The van der Waals surface area contributed by atoms with Crippen LogP contribution in [0.3, 0.4) is 0 Å². The Hall–Kier alpha value is -2.61. The third-order valence-electron chi connectivity index (χ3n) is 5.02. The van der Waals surface area contributed by atoms with Crippen LogP contribution in [-0.2, 0) is 16.4 Å². The van der Waals surface area contributed by atoms with Crippen molar-refractivity contribution in [1.29, 1.82) is 0 Å². The normalized spacial score (nSPS) is 15.5. The Balaban J connectivity index is 1.55. The van der Waals surface area contributed by atoms with Gasteiger partial charge in [0.15, 0.2) is 27.4 Å². The molecule has 0 bridgehead atoms. The maximum Gasteiger partial charge on any atom is 0.191 e. The maximum atomic E-state index is 14.3. The first kappa shape index (κ1) is 22.1. The van der Waals surface area contributed by atoms with Crippen LogP contribution in [0.4, 0.5) is 4.39 Å². The van der Waals surface area contributed by atoms with Crippen LogP contribution in [-0.4, -0.2) is 34.3 Å². The highest BCUT2D eigenvalue weighted by Gasteiger charge is 2.22. The zero-order chi connectivity index (χ0) is 21.7. The Bertz CT molecular complexity index is 1000. The lowest BCUT2D eigenvalue weighted by atomic mass is 10.1. The first-order valence-corrected chi connectivity index (χ1v) is 11.8. The van der Waals surface area contributed by atoms with E-state index in [1.165, 1.54) is 12.3 Å². The number of hydrogen-bond acceptors (Lipinski definition) is 4. The molecule has 1 atom stereocenters. The Morgan fingerprint density at radius 3 is 2.50 bits per heavy atom. The molecule has 1 unspecified atom stereocenters. The van der Waals surface area contributed by atoms with Gasteiger partial charge in [0.2, 0.25) is 0 Å². The monoisotopic (exact) mass is 433 g/mol. The van der Waals surface area contributed by atoms with Gasteiger partial charge < -0.3 is 15.4 Å². The second-order valence-corrected chi connectivity index (χ2v) is 9.67. The van der Waals surface area contributed by atoms with Gasteiger partial charge in [0.25, 0.3) is 0 Å². The zero-order valence-corrected chi connectivity index (χ0v) is 18.3. The molecule has 0 aliphatic heterocycles. The molecule has 0 heterocycles. The van der Waals surface area contributed by atoms with Crippen LogP contribution in [0.2, 0.25) is 0 Å². The molecule has 0 saturated heterocycles. The predicted octanol–water partition coefficient (Wildman–Crippen LogP) is 3.44. The molecular weight excluding hydrogens is 405 g/mol. The van der Waals surface area contributed by atoms with E-state index >= 15 is 0 Å². The number of ether oxygens (including phenoxy) is 1. The van der Waals surface area contributed by atoms with E-state index in [2.05, 4.69) is 15.6 Å². The lowest BCUT2D eigenvalue weighted by molar-refractivity contribution is 0.285. The van der Waals surface area contributed by atoms with E-state index in [1.54, 1.807) is 37.4 Å². The Kier molecular flexibility index (Phi) is 6.97. The van der Waals surface area contributed by atoms with E-state index in [4.69, 9.17) is 4.74 Å². The fourth-order valence-corrected chi connectivity index (χ4v) is 3.55. The molecule has 0 spiro atoms. The molecule has 1 saturated carbocycles. The third kappa shape index (κ3) is 6.19. The molecule has 2 aromatic carbocycles. The van der Waals surface area contributed by atoms with Crippen molar-refractivity contribution in [1.82, 2.24) is 10.6 Å². The molecular formula is C22H28FN3O3S. The molecule has 2 N–H and O–H groups in total. The zero-order valence-electron chi connectivity index (χ0n) is 17.5. The smallest absolute Gasteiger partial charge is 0.191 e. The Morgan fingerprint density at radius 1 is 1.23 bits per heavy atom. The summed E-state index contributed by atoms with van der Waals surface area (Å²) >= 11 is 0. The average Bonchev–Trinajstić information content (AvgIpc) is 3.54. The van der Waals surface area contributed by atoms with Crippen molar-refractivity contribution >= 4 is 15.8 Å². The van der Waals surface area contributed by atoms with E-state index in [0.717, 1.165) is 24.0 Å². The second-order valence-electron chi connectivity index (χ2n) is 7.65. The van der Waals surface area contributed by atoms with Crippen LogP contribution in [0.1, 0.15) is 36.9 Å². The fourth-order valence-electron chi connectivity index (χ4n) is 2.92. The molecule has 3 rings (SSSR count). The van der Waals surface area contributed by atoms with Gasteiger partial charge in [-0.25, -0.2) is 12.8 Å². The van der Waals surface area contributed by atoms with Gasteiger partial charge in [0, 0.05) is 19.8 Å². The highest BCUT2D eigenvalue weighted by Crippen LogP contribution is 2.30. The van der Waals surface area contributed by atoms with Crippen molar-refractivity contribution in [2.45, 2.75) is 37.2 Å². The SMILES string of the molecule is CN=C(NCc1ccc(S(C)(=O)=O)cc1)NC(C)c1ccc(OCC2CC2)c(F)c1. The summed E-state index contributed by atoms with van der Waals surface area (Å²) in [6.07, 6.45) is 3.51. The van der Waals surface area contributed by atoms with E-state index in [-0.39, 0.29) is 22.5 Å². The number of hydrogen-bond donors (Lipinski definition) is 2. The molecule has 0 amide bonds. The number of guanidine groups is 1. The minimum absolute atomic E-state index is 0.171. The molecule has 162 valence electrons. The third-order valence-corrected chi connectivity index (χ3v) is 6.14. The highest BCUT2D eigenvalue weighted by atomic mass is 32.2. The number of rotatable bonds is 8. The first-order chi connectivity index (χ1) is 14.3. The van der Waals surface area contributed by atoms with Crippen LogP contribution < -0.4 is 15.4 Å². The minimum Gasteiger partial charge on any atom is -0.490 e. The summed E-state index contributed by atoms with van der Waals surface area (Å²) in [6, 6.07) is 11.5. The molecule has 30 heavy (non-hydrogen) atoms. The average molecular weight is 434 g/mol. The maximum absolute atomic E-state index is 14.3. The molecule has 6 nitrogen and oxygen atoms in total. The molecule has 1 aliphatic rings. The minimum atomic E-state index is -3.21. The lowest BCUT2D eigenvalue weighted by Gasteiger charge is -2.19. The summed E-state index contributed by atoms with van der Waals surface area (Å²) in [5.41, 5.74) is 1.70. The van der Waals surface area contributed by atoms with Gasteiger partial charge in [-0.15, -0.1) is 0 Å². The van der Waals surface area contributed by atoms with Crippen LogP contribution in [0, 0.1) is 11.7 Å². The van der Waals surface area contributed by atoms with Gasteiger partial charge in [-0.3, -0.25) is 4.99 Å². The predicted molar refractivity (Wildman–Crippen MR) is 116 cm³/mol. The molecule has 0 aromatic heterocycles. The van der Waals surface area contributed by atoms with Crippen LogP contribution in [0.25, 0.3) is 0 Å². The molecule has 0 radical (unpaired) electrons. The van der Waals surface area contributed by atoms with Crippen molar-refractivity contribution < 1.29 is 17.5 Å². The number of sulfone groups is 1. The number of benzene rings is 2. The van der Waals surface area contributed by atoms with Crippen LogP contribution in [0.5, 0.6) is 5.75 Å². The largest absolute Gasteiger partial charge is 0.490 e. The van der Waals surface area contributed by atoms with E-state index in [1.807, 2.05) is 13.0 Å². The highest BCUT2D eigenvalue weighted by molar-refractivity contribution is 7.90. The van der Waals surface area contributed by atoms with Gasteiger partial charge in [-0.05, 0) is 61.1 Å². The van der Waals surface area contributed by atoms with Gasteiger partial charge in [-0.2, -0.15) is 0 Å². The lowest BCUT2D eigenvalue weighted by Crippen LogP contribution is -2.38. The standard InChI is InChI=1S/C22H28FN3O3S/c1-15(18-8-11-21(20(23)12-18)29-14-17-4-5-17)26-22(24-2)25-13-16-6-9-19(10-7-16)30(3,27)28/h6-12,15,17H,4-5,13-14H2,1-3H3,(H2,24,25,26). The molecule has 1 aliphatic carbocycles. The van der Waals surface area contributed by atoms with Crippen molar-refractivity contribution in [2.75, 3.05) is 19.9 Å². The van der Waals surface area contributed by atoms with E-state index < -0.39 is 9.84 Å². The van der Waals surface area contributed by atoms with Gasteiger partial charge in [0.1, 0.15) is 0 Å². The first-order valence-electron chi connectivity index (χ1n) is 9.94. The summed E-state index contributed by atoms with van der Waals surface area (Å²) in [7, 11) is -1.55. The number of halogens is 1. The summed E-state index contributed by atoms with van der Waals surface area (Å²) in [5.74, 6) is 1.06. The summed E-state index contributed by atoms with van der Waals surface area (Å²) in [5, 5.41) is 6.41. The van der Waals surface area contributed by atoms with Crippen molar-refractivity contribution in [3.8, 4) is 5.75 Å². The fraction of sp³-hybridized carbons (Fsp3) is 0.409. The number of nitrogens with zero attached hydrogens (tertiary/aromatic N) is 1. The molecule has 1 fully saturated rings. The van der Waals surface area contributed by atoms with Crippen molar-refractivity contribution in [3.05, 3.63) is 59.4 Å². The van der Waals surface area contributed by atoms with Gasteiger partial charge >= 0.3 is 0 Å². The second kappa shape index (κ2) is 9.47. The Labute approximate surface area is 177 Å². The van der Waals surface area contributed by atoms with Crippen molar-refractivity contribution in [3.63, 3.8) is 0 Å². The van der Waals surface area contributed by atoms with Gasteiger partial charge in [0.05, 0.1) is 17.5 Å². The van der Waals surface area contributed by atoms with Crippen molar-refractivity contribution in [2.24, 2.45) is 10.9 Å². The number of nitrogens with one attached hydrogen (secondary N) is 2. The van der Waals surface area contributed by atoms with E-state index in [0.29, 0.717) is 25.0 Å². The topological polar surface area (TPSA) is 79.8 Å². The van der Waals surface area contributed by atoms with E-state index in [9.17, 15) is 12.8 Å². The quantitative estimate of drug-likeness (QED) is 0.492. The van der Waals surface area contributed by atoms with Gasteiger partial charge in [-0.1, -0.05) is 18.2 Å².